The van der Waals surface area contributed by atoms with Crippen molar-refractivity contribution in [3.05, 3.63) is 71.8 Å². The summed E-state index contributed by atoms with van der Waals surface area (Å²) < 4.78 is 5.24. The molecule has 0 aromatic heterocycles. The first-order chi connectivity index (χ1) is 12.8. The molecule has 1 amide bonds. The molecular formula is C20H22N4O2. The summed E-state index contributed by atoms with van der Waals surface area (Å²) in [7, 11) is 1.64. The molecule has 1 fully saturated rings. The van der Waals surface area contributed by atoms with Crippen molar-refractivity contribution in [1.29, 1.82) is 0 Å². The van der Waals surface area contributed by atoms with Crippen LogP contribution in [0.5, 0.6) is 5.75 Å². The molecule has 0 aliphatic carbocycles. The number of amides is 1. The van der Waals surface area contributed by atoms with Crippen LogP contribution in [-0.2, 0) is 4.79 Å². The predicted molar refractivity (Wildman–Crippen MR) is 103 cm³/mol. The van der Waals surface area contributed by atoms with Crippen molar-refractivity contribution in [3.63, 3.8) is 0 Å². The summed E-state index contributed by atoms with van der Waals surface area (Å²) in [4.78, 5) is 12.2. The van der Waals surface area contributed by atoms with E-state index >= 15 is 0 Å². The van der Waals surface area contributed by atoms with Gasteiger partial charge in [-0.05, 0) is 35.8 Å². The van der Waals surface area contributed by atoms with Gasteiger partial charge in [0.2, 0.25) is 0 Å². The molecule has 6 heteroatoms. The quantitative estimate of drug-likeness (QED) is 0.552. The summed E-state index contributed by atoms with van der Waals surface area (Å²) >= 11 is 0. The fourth-order valence-corrected chi connectivity index (χ4v) is 2.75. The lowest BCUT2D eigenvalue weighted by atomic mass is 10.0. The topological polar surface area (TPSA) is 74.8 Å². The number of nitrogens with zero attached hydrogens (tertiary/aromatic N) is 1. The third-order valence-electron chi connectivity index (χ3n) is 4.14. The Hall–Kier alpha value is -2.96. The minimum Gasteiger partial charge on any atom is -0.497 e. The van der Waals surface area contributed by atoms with Crippen LogP contribution in [0.4, 0.5) is 0 Å². The van der Waals surface area contributed by atoms with E-state index in [1.165, 1.54) is 0 Å². The van der Waals surface area contributed by atoms with Crippen molar-refractivity contribution >= 4 is 18.2 Å². The van der Waals surface area contributed by atoms with E-state index in [4.69, 9.17) is 4.74 Å². The molecule has 2 aromatic carbocycles. The molecule has 3 rings (SSSR count). The van der Waals surface area contributed by atoms with Gasteiger partial charge in [-0.25, -0.2) is 16.3 Å². The van der Waals surface area contributed by atoms with E-state index < -0.39 is 0 Å². The summed E-state index contributed by atoms with van der Waals surface area (Å²) in [6.07, 6.45) is 5.90. The Labute approximate surface area is 152 Å². The van der Waals surface area contributed by atoms with Gasteiger partial charge in [-0.15, -0.1) is 0 Å². The minimum absolute atomic E-state index is 0.0443. The highest BCUT2D eigenvalue weighted by atomic mass is 16.5. The molecule has 1 aliphatic heterocycles. The Morgan fingerprint density at radius 2 is 2.04 bits per heavy atom. The van der Waals surface area contributed by atoms with Gasteiger partial charge in [0.1, 0.15) is 11.8 Å². The van der Waals surface area contributed by atoms with E-state index in [1.807, 2.05) is 60.7 Å². The van der Waals surface area contributed by atoms with Gasteiger partial charge >= 0.3 is 0 Å². The number of benzene rings is 2. The maximum atomic E-state index is 12.2. The van der Waals surface area contributed by atoms with Crippen LogP contribution in [0.25, 0.3) is 6.08 Å². The number of allylic oxidation sites excluding steroid dienone is 1. The SMILES string of the molecule is COc1cccc(C2CC(C(=O)N/N=C\C=C\c3ccccc3)NN2)c1. The van der Waals surface area contributed by atoms with Crippen LogP contribution in [-0.4, -0.2) is 25.3 Å². The molecule has 2 unspecified atom stereocenters. The number of hydrazone groups is 1. The van der Waals surface area contributed by atoms with E-state index in [0.717, 1.165) is 16.9 Å². The van der Waals surface area contributed by atoms with E-state index in [9.17, 15) is 4.79 Å². The van der Waals surface area contributed by atoms with Crippen LogP contribution in [0, 0.1) is 0 Å². The largest absolute Gasteiger partial charge is 0.497 e. The van der Waals surface area contributed by atoms with Crippen molar-refractivity contribution in [2.24, 2.45) is 5.10 Å². The molecule has 1 aliphatic rings. The van der Waals surface area contributed by atoms with Crippen molar-refractivity contribution in [1.82, 2.24) is 16.3 Å². The maximum absolute atomic E-state index is 12.2. The minimum atomic E-state index is -0.346. The Kier molecular flexibility index (Phi) is 6.14. The number of carbonyl (C=O) groups excluding carboxylic acids is 1. The third-order valence-corrected chi connectivity index (χ3v) is 4.14. The molecule has 6 nitrogen and oxygen atoms in total. The zero-order valence-corrected chi connectivity index (χ0v) is 14.6. The molecule has 26 heavy (non-hydrogen) atoms. The number of rotatable bonds is 6. The van der Waals surface area contributed by atoms with E-state index in [2.05, 4.69) is 21.4 Å². The zero-order chi connectivity index (χ0) is 18.2. The van der Waals surface area contributed by atoms with Crippen molar-refractivity contribution in [2.45, 2.75) is 18.5 Å². The van der Waals surface area contributed by atoms with E-state index in [-0.39, 0.29) is 18.0 Å². The lowest BCUT2D eigenvalue weighted by Crippen LogP contribution is -2.41. The second-order valence-corrected chi connectivity index (χ2v) is 5.93. The fourth-order valence-electron chi connectivity index (χ4n) is 2.75. The van der Waals surface area contributed by atoms with Gasteiger partial charge in [0.25, 0.3) is 5.91 Å². The molecule has 0 spiro atoms. The molecule has 0 bridgehead atoms. The molecule has 2 aromatic rings. The van der Waals surface area contributed by atoms with E-state index in [1.54, 1.807) is 19.4 Å². The van der Waals surface area contributed by atoms with Crippen molar-refractivity contribution < 1.29 is 9.53 Å². The molecule has 0 radical (unpaired) electrons. The first-order valence-corrected chi connectivity index (χ1v) is 8.46. The normalized spacial score (nSPS) is 19.9. The van der Waals surface area contributed by atoms with Crippen LogP contribution in [0.2, 0.25) is 0 Å². The van der Waals surface area contributed by atoms with Gasteiger partial charge in [0, 0.05) is 12.3 Å². The van der Waals surface area contributed by atoms with Crippen LogP contribution in [0.1, 0.15) is 23.6 Å². The summed E-state index contributed by atoms with van der Waals surface area (Å²) in [6.45, 7) is 0. The monoisotopic (exact) mass is 350 g/mol. The Morgan fingerprint density at radius 3 is 2.85 bits per heavy atom. The van der Waals surface area contributed by atoms with E-state index in [0.29, 0.717) is 6.42 Å². The number of methoxy groups -OCH3 is 1. The maximum Gasteiger partial charge on any atom is 0.258 e. The fraction of sp³-hybridized carbons (Fsp3) is 0.200. The summed E-state index contributed by atoms with van der Waals surface area (Å²) in [5.41, 5.74) is 10.9. The number of carbonyl (C=O) groups is 1. The van der Waals surface area contributed by atoms with Crippen LogP contribution >= 0.6 is 0 Å². The van der Waals surface area contributed by atoms with Gasteiger partial charge in [-0.3, -0.25) is 4.79 Å². The third kappa shape index (κ3) is 4.78. The summed E-state index contributed by atoms with van der Waals surface area (Å²) in [5, 5.41) is 3.96. The van der Waals surface area contributed by atoms with Crippen molar-refractivity contribution in [2.75, 3.05) is 7.11 Å². The standard InChI is InChI=1S/C20H22N4O2/c1-26-17-11-5-10-16(13-17)18-14-19(23-22-18)20(25)24-21-12-6-9-15-7-3-2-4-8-15/h2-13,18-19,22-23H,14H2,1H3,(H,24,25)/b9-6+,21-12-. The summed E-state index contributed by atoms with van der Waals surface area (Å²) in [6, 6.07) is 17.4. The van der Waals surface area contributed by atoms with Gasteiger partial charge in [0.15, 0.2) is 0 Å². The molecule has 1 saturated heterocycles. The van der Waals surface area contributed by atoms with Crippen LogP contribution in [0.3, 0.4) is 0 Å². The first-order valence-electron chi connectivity index (χ1n) is 8.46. The second kappa shape index (κ2) is 8.94. The lowest BCUT2D eigenvalue weighted by molar-refractivity contribution is -0.122. The number of hydrazine groups is 1. The number of hydrogen-bond acceptors (Lipinski definition) is 5. The average molecular weight is 350 g/mol. The smallest absolute Gasteiger partial charge is 0.258 e. The van der Waals surface area contributed by atoms with Gasteiger partial charge in [0.05, 0.1) is 7.11 Å². The van der Waals surface area contributed by atoms with Crippen LogP contribution in [0.15, 0.2) is 65.8 Å². The molecule has 2 atom stereocenters. The van der Waals surface area contributed by atoms with Crippen LogP contribution < -0.4 is 21.0 Å². The zero-order valence-electron chi connectivity index (χ0n) is 14.6. The number of hydrogen-bond donors (Lipinski definition) is 3. The second-order valence-electron chi connectivity index (χ2n) is 5.93. The highest BCUT2D eigenvalue weighted by molar-refractivity contribution is 5.84. The highest BCUT2D eigenvalue weighted by Crippen LogP contribution is 2.25. The van der Waals surface area contributed by atoms with Crippen molar-refractivity contribution in [3.8, 4) is 5.75 Å². The summed E-state index contributed by atoms with van der Waals surface area (Å²) in [5.74, 6) is 0.624. The number of ether oxygens (including phenoxy) is 1. The van der Waals surface area contributed by atoms with Gasteiger partial charge in [-0.2, -0.15) is 5.10 Å². The number of nitrogens with one attached hydrogen (secondary N) is 3. The lowest BCUT2D eigenvalue weighted by Gasteiger charge is -2.10. The average Bonchev–Trinajstić information content (AvgIpc) is 3.19. The Balaban J connectivity index is 1.48. The molecule has 0 saturated carbocycles. The van der Waals surface area contributed by atoms with Gasteiger partial charge in [-0.1, -0.05) is 48.5 Å². The molecule has 134 valence electrons. The Morgan fingerprint density at radius 1 is 1.19 bits per heavy atom. The van der Waals surface area contributed by atoms with Gasteiger partial charge < -0.3 is 4.74 Å². The Bertz CT molecular complexity index is 789. The molecular weight excluding hydrogens is 328 g/mol. The molecule has 1 heterocycles. The first kappa shape index (κ1) is 17.8. The highest BCUT2D eigenvalue weighted by Gasteiger charge is 2.30. The predicted octanol–water partition coefficient (Wildman–Crippen LogP) is 2.42. The molecule has 3 N–H and O–H groups in total.